The first-order valence-electron chi connectivity index (χ1n) is 11.2. The molecule has 3 aromatic rings. The minimum absolute atomic E-state index is 0.0662. The van der Waals surface area contributed by atoms with E-state index in [0.29, 0.717) is 29.3 Å². The summed E-state index contributed by atoms with van der Waals surface area (Å²) in [5.74, 6) is 0.554. The van der Waals surface area contributed by atoms with Crippen LogP contribution < -0.4 is 15.4 Å². The maximum atomic E-state index is 12.8. The number of ether oxygens (including phenoxy) is 1. The third-order valence-corrected chi connectivity index (χ3v) is 5.71. The van der Waals surface area contributed by atoms with Gasteiger partial charge in [-0.1, -0.05) is 61.7 Å². The Labute approximate surface area is 188 Å². The average molecular weight is 429 g/mol. The second-order valence-electron chi connectivity index (χ2n) is 8.16. The second-order valence-corrected chi connectivity index (χ2v) is 8.16. The quantitative estimate of drug-likeness (QED) is 0.482. The fourth-order valence-corrected chi connectivity index (χ4v) is 3.96. The van der Waals surface area contributed by atoms with Crippen molar-refractivity contribution in [3.63, 3.8) is 0 Å². The lowest BCUT2D eigenvalue weighted by molar-refractivity contribution is -0.120. The van der Waals surface area contributed by atoms with E-state index in [0.717, 1.165) is 31.2 Å². The van der Waals surface area contributed by atoms with Crippen LogP contribution in [-0.4, -0.2) is 11.8 Å². The molecular weight excluding hydrogens is 400 g/mol. The molecule has 0 aliphatic heterocycles. The van der Waals surface area contributed by atoms with Crippen LogP contribution in [-0.2, 0) is 11.4 Å². The number of rotatable bonds is 7. The Morgan fingerprint density at radius 3 is 2.28 bits per heavy atom. The zero-order chi connectivity index (χ0) is 22.2. The van der Waals surface area contributed by atoms with Crippen molar-refractivity contribution in [1.29, 1.82) is 0 Å². The Kier molecular flexibility index (Phi) is 7.18. The van der Waals surface area contributed by atoms with Gasteiger partial charge in [0.05, 0.1) is 0 Å². The predicted molar refractivity (Wildman–Crippen MR) is 127 cm³/mol. The van der Waals surface area contributed by atoms with Crippen molar-refractivity contribution in [2.45, 2.75) is 38.7 Å². The monoisotopic (exact) mass is 428 g/mol. The number of nitrogens with one attached hydrogen (secondary N) is 2. The van der Waals surface area contributed by atoms with Crippen molar-refractivity contribution in [1.82, 2.24) is 0 Å². The Hall–Kier alpha value is -3.60. The second kappa shape index (κ2) is 10.6. The summed E-state index contributed by atoms with van der Waals surface area (Å²) < 4.78 is 5.83. The minimum atomic E-state index is -0.231. The van der Waals surface area contributed by atoms with Crippen LogP contribution >= 0.6 is 0 Å². The SMILES string of the molecule is O=C(Nc1cccc(NC(=O)C2CCCCC2)c1)c1cccc(OCc2ccccc2)c1. The molecule has 1 saturated carbocycles. The van der Waals surface area contributed by atoms with Crippen LogP contribution in [0.15, 0.2) is 78.9 Å². The van der Waals surface area contributed by atoms with Gasteiger partial charge in [0.15, 0.2) is 0 Å². The van der Waals surface area contributed by atoms with Gasteiger partial charge in [0.25, 0.3) is 5.91 Å². The van der Waals surface area contributed by atoms with Crippen LogP contribution in [0.4, 0.5) is 11.4 Å². The summed E-state index contributed by atoms with van der Waals surface area (Å²) in [5.41, 5.74) is 2.90. The highest BCUT2D eigenvalue weighted by Gasteiger charge is 2.21. The topological polar surface area (TPSA) is 67.4 Å². The highest BCUT2D eigenvalue weighted by atomic mass is 16.5. The fraction of sp³-hybridized carbons (Fsp3) is 0.259. The van der Waals surface area contributed by atoms with E-state index in [2.05, 4.69) is 10.6 Å². The van der Waals surface area contributed by atoms with Crippen LogP contribution in [0.1, 0.15) is 48.0 Å². The molecule has 0 atom stereocenters. The largest absolute Gasteiger partial charge is 0.489 e. The molecule has 0 radical (unpaired) electrons. The molecule has 32 heavy (non-hydrogen) atoms. The molecule has 5 heteroatoms. The zero-order valence-corrected chi connectivity index (χ0v) is 18.1. The molecule has 2 N–H and O–H groups in total. The van der Waals surface area contributed by atoms with E-state index in [1.165, 1.54) is 6.42 Å². The molecule has 2 amide bonds. The molecule has 164 valence electrons. The lowest BCUT2D eigenvalue weighted by Gasteiger charge is -2.20. The van der Waals surface area contributed by atoms with Crippen molar-refractivity contribution >= 4 is 23.2 Å². The van der Waals surface area contributed by atoms with Gasteiger partial charge in [0.2, 0.25) is 5.91 Å². The summed E-state index contributed by atoms with van der Waals surface area (Å²) in [5, 5.41) is 5.90. The minimum Gasteiger partial charge on any atom is -0.489 e. The van der Waals surface area contributed by atoms with Crippen LogP contribution in [0, 0.1) is 5.92 Å². The number of carbonyl (C=O) groups excluding carboxylic acids is 2. The number of benzene rings is 3. The van der Waals surface area contributed by atoms with Crippen LogP contribution in [0.5, 0.6) is 5.75 Å². The van der Waals surface area contributed by atoms with Crippen LogP contribution in [0.2, 0.25) is 0 Å². The highest BCUT2D eigenvalue weighted by Crippen LogP contribution is 2.26. The van der Waals surface area contributed by atoms with E-state index < -0.39 is 0 Å². The number of carbonyl (C=O) groups is 2. The van der Waals surface area contributed by atoms with Gasteiger partial charge >= 0.3 is 0 Å². The van der Waals surface area contributed by atoms with Gasteiger partial charge in [-0.05, 0) is 54.8 Å². The Balaban J connectivity index is 1.36. The van der Waals surface area contributed by atoms with Crippen molar-refractivity contribution in [3.05, 3.63) is 90.0 Å². The summed E-state index contributed by atoms with van der Waals surface area (Å²) in [4.78, 5) is 25.3. The molecule has 0 unspecified atom stereocenters. The van der Waals surface area contributed by atoms with Gasteiger partial charge in [0.1, 0.15) is 12.4 Å². The smallest absolute Gasteiger partial charge is 0.255 e. The van der Waals surface area contributed by atoms with Crippen molar-refractivity contribution in [2.75, 3.05) is 10.6 Å². The number of anilines is 2. The van der Waals surface area contributed by atoms with Crippen LogP contribution in [0.25, 0.3) is 0 Å². The third kappa shape index (κ3) is 5.97. The molecule has 1 aliphatic rings. The van der Waals surface area contributed by atoms with Gasteiger partial charge in [-0.25, -0.2) is 0 Å². The van der Waals surface area contributed by atoms with Crippen molar-refractivity contribution in [3.8, 4) is 5.75 Å². The van der Waals surface area contributed by atoms with Gasteiger partial charge in [0, 0.05) is 22.9 Å². The number of hydrogen-bond acceptors (Lipinski definition) is 3. The molecule has 0 heterocycles. The van der Waals surface area contributed by atoms with Crippen molar-refractivity contribution < 1.29 is 14.3 Å². The predicted octanol–water partition coefficient (Wildman–Crippen LogP) is 6.04. The molecule has 5 nitrogen and oxygen atoms in total. The standard InChI is InChI=1S/C27H28N2O3/c30-26(21-11-5-2-6-12-21)28-23-14-8-15-24(18-23)29-27(31)22-13-7-16-25(17-22)32-19-20-9-3-1-4-10-20/h1,3-4,7-10,13-18,21H,2,5-6,11-12,19H2,(H,28,30)(H,29,31). The maximum Gasteiger partial charge on any atom is 0.255 e. The molecule has 1 aliphatic carbocycles. The zero-order valence-electron chi connectivity index (χ0n) is 18.1. The summed E-state index contributed by atoms with van der Waals surface area (Å²) in [7, 11) is 0. The number of hydrogen-bond donors (Lipinski definition) is 2. The molecule has 4 rings (SSSR count). The Bertz CT molecular complexity index is 1060. The molecule has 0 saturated heterocycles. The molecule has 0 aromatic heterocycles. The third-order valence-electron chi connectivity index (χ3n) is 5.71. The molecule has 3 aromatic carbocycles. The first kappa shape index (κ1) is 21.6. The summed E-state index contributed by atoms with van der Waals surface area (Å²) in [6.45, 7) is 0.439. The highest BCUT2D eigenvalue weighted by molar-refractivity contribution is 6.05. The van der Waals surface area contributed by atoms with E-state index in [9.17, 15) is 9.59 Å². The van der Waals surface area contributed by atoms with E-state index in [4.69, 9.17) is 4.74 Å². The fourth-order valence-electron chi connectivity index (χ4n) is 3.96. The van der Waals surface area contributed by atoms with Gasteiger partial charge in [-0.3, -0.25) is 9.59 Å². The summed E-state index contributed by atoms with van der Waals surface area (Å²) >= 11 is 0. The van der Waals surface area contributed by atoms with Gasteiger partial charge in [-0.15, -0.1) is 0 Å². The average Bonchev–Trinajstić information content (AvgIpc) is 2.84. The normalized spacial score (nSPS) is 13.9. The lowest BCUT2D eigenvalue weighted by Crippen LogP contribution is -2.24. The first-order valence-corrected chi connectivity index (χ1v) is 11.2. The molecule has 0 spiro atoms. The maximum absolute atomic E-state index is 12.8. The van der Waals surface area contributed by atoms with E-state index in [-0.39, 0.29) is 17.7 Å². The van der Waals surface area contributed by atoms with Crippen LogP contribution in [0.3, 0.4) is 0 Å². The first-order chi connectivity index (χ1) is 15.7. The summed E-state index contributed by atoms with van der Waals surface area (Å²) in [6, 6.07) is 24.3. The number of amides is 2. The van der Waals surface area contributed by atoms with E-state index >= 15 is 0 Å². The summed E-state index contributed by atoms with van der Waals surface area (Å²) in [6.07, 6.45) is 5.34. The van der Waals surface area contributed by atoms with E-state index in [1.807, 2.05) is 54.6 Å². The van der Waals surface area contributed by atoms with Gasteiger partial charge in [-0.2, -0.15) is 0 Å². The Morgan fingerprint density at radius 1 is 0.781 bits per heavy atom. The Morgan fingerprint density at radius 2 is 1.50 bits per heavy atom. The lowest BCUT2D eigenvalue weighted by atomic mass is 9.88. The van der Waals surface area contributed by atoms with E-state index in [1.54, 1.807) is 24.3 Å². The van der Waals surface area contributed by atoms with Crippen molar-refractivity contribution in [2.24, 2.45) is 5.92 Å². The molecule has 1 fully saturated rings. The van der Waals surface area contributed by atoms with Gasteiger partial charge < -0.3 is 15.4 Å². The molecule has 0 bridgehead atoms. The molecular formula is C27H28N2O3.